The Kier molecular flexibility index (Phi) is 2.85. The van der Waals surface area contributed by atoms with Crippen LogP contribution in [0.1, 0.15) is 0 Å². The third-order valence-corrected chi connectivity index (χ3v) is 3.40. The van der Waals surface area contributed by atoms with E-state index in [9.17, 15) is 4.39 Å². The highest BCUT2D eigenvalue weighted by Crippen LogP contribution is 2.25. The van der Waals surface area contributed by atoms with Crippen molar-refractivity contribution < 1.29 is 4.39 Å². The van der Waals surface area contributed by atoms with Crippen LogP contribution in [-0.2, 0) is 0 Å². The van der Waals surface area contributed by atoms with E-state index < -0.39 is 5.82 Å². The van der Waals surface area contributed by atoms with E-state index in [1.54, 1.807) is 5.51 Å². The van der Waals surface area contributed by atoms with Crippen molar-refractivity contribution in [1.82, 2.24) is 9.97 Å². The molecular formula is C12H7ClFN3S. The highest BCUT2D eigenvalue weighted by atomic mass is 35.5. The molecule has 2 aromatic heterocycles. The molecule has 0 radical (unpaired) electrons. The lowest BCUT2D eigenvalue weighted by Crippen LogP contribution is -1.96. The third kappa shape index (κ3) is 2.14. The van der Waals surface area contributed by atoms with Crippen LogP contribution in [0.4, 0.5) is 15.9 Å². The Morgan fingerprint density at radius 1 is 1.22 bits per heavy atom. The Bertz CT molecular complexity index is 713. The number of halogens is 2. The largest absolute Gasteiger partial charge is 0.338 e. The van der Waals surface area contributed by atoms with Crippen molar-refractivity contribution in [3.8, 4) is 0 Å². The van der Waals surface area contributed by atoms with Crippen molar-refractivity contribution in [2.24, 2.45) is 0 Å². The molecule has 3 nitrogen and oxygen atoms in total. The number of benzene rings is 1. The van der Waals surface area contributed by atoms with Gasteiger partial charge in [-0.15, -0.1) is 11.3 Å². The van der Waals surface area contributed by atoms with E-state index in [1.165, 1.54) is 23.6 Å². The smallest absolute Gasteiger partial charge is 0.167 e. The molecule has 0 spiro atoms. The average molecular weight is 280 g/mol. The molecule has 90 valence electrons. The molecule has 0 saturated heterocycles. The fraction of sp³-hybridized carbons (Fsp3) is 0. The van der Waals surface area contributed by atoms with Crippen LogP contribution < -0.4 is 5.32 Å². The zero-order chi connectivity index (χ0) is 12.5. The summed E-state index contributed by atoms with van der Waals surface area (Å²) in [6.45, 7) is 0. The van der Waals surface area contributed by atoms with Gasteiger partial charge in [0, 0.05) is 11.9 Å². The Morgan fingerprint density at radius 2 is 2.11 bits per heavy atom. The quantitative estimate of drug-likeness (QED) is 0.763. The van der Waals surface area contributed by atoms with E-state index in [0.29, 0.717) is 0 Å². The van der Waals surface area contributed by atoms with Crippen LogP contribution >= 0.6 is 22.9 Å². The van der Waals surface area contributed by atoms with Gasteiger partial charge in [0.1, 0.15) is 0 Å². The fourth-order valence-electron chi connectivity index (χ4n) is 1.58. The van der Waals surface area contributed by atoms with Crippen molar-refractivity contribution in [2.45, 2.75) is 0 Å². The molecule has 1 N–H and O–H groups in total. The molecule has 0 aliphatic rings. The van der Waals surface area contributed by atoms with Gasteiger partial charge in [-0.1, -0.05) is 11.6 Å². The van der Waals surface area contributed by atoms with E-state index in [4.69, 9.17) is 11.6 Å². The summed E-state index contributed by atoms with van der Waals surface area (Å²) in [5.41, 5.74) is 3.46. The van der Waals surface area contributed by atoms with Gasteiger partial charge in [-0.05, 0) is 24.3 Å². The summed E-state index contributed by atoms with van der Waals surface area (Å²) in [6, 6.07) is 6.84. The monoisotopic (exact) mass is 279 g/mol. The molecule has 0 aliphatic heterocycles. The molecular weight excluding hydrogens is 273 g/mol. The predicted molar refractivity (Wildman–Crippen MR) is 72.1 cm³/mol. The maximum absolute atomic E-state index is 13.6. The molecule has 0 amide bonds. The second-order valence-corrected chi connectivity index (χ2v) is 4.97. The molecule has 6 heteroatoms. The van der Waals surface area contributed by atoms with Crippen LogP contribution in [0.15, 0.2) is 36.0 Å². The highest BCUT2D eigenvalue weighted by molar-refractivity contribution is 7.16. The second kappa shape index (κ2) is 4.51. The number of pyridine rings is 1. The number of hydrogen-bond acceptors (Lipinski definition) is 4. The standard InChI is InChI=1S/C12H7ClFN3S/c13-7-3-9(14)12(15-5-7)17-8-1-2-10-11(4-8)18-6-16-10/h1-6H,(H,15,17). The Morgan fingerprint density at radius 3 is 2.94 bits per heavy atom. The summed E-state index contributed by atoms with van der Waals surface area (Å²) < 4.78 is 14.6. The molecule has 0 bridgehead atoms. The maximum Gasteiger partial charge on any atom is 0.167 e. The van der Waals surface area contributed by atoms with Crippen molar-refractivity contribution >= 4 is 44.7 Å². The van der Waals surface area contributed by atoms with Crippen molar-refractivity contribution in [3.05, 3.63) is 46.8 Å². The Hall–Kier alpha value is -1.72. The zero-order valence-corrected chi connectivity index (χ0v) is 10.6. The summed E-state index contributed by atoms with van der Waals surface area (Å²) in [6.07, 6.45) is 1.40. The minimum absolute atomic E-state index is 0.156. The number of fused-ring (bicyclic) bond motifs is 1. The highest BCUT2D eigenvalue weighted by Gasteiger charge is 2.06. The molecule has 2 heterocycles. The molecule has 0 atom stereocenters. The van der Waals surface area contributed by atoms with E-state index in [-0.39, 0.29) is 10.8 Å². The van der Waals surface area contributed by atoms with Gasteiger partial charge in [0.15, 0.2) is 11.6 Å². The van der Waals surface area contributed by atoms with Crippen molar-refractivity contribution in [2.75, 3.05) is 5.32 Å². The van der Waals surface area contributed by atoms with Gasteiger partial charge >= 0.3 is 0 Å². The lowest BCUT2D eigenvalue weighted by molar-refractivity contribution is 0.626. The number of nitrogens with one attached hydrogen (secondary N) is 1. The molecule has 3 aromatic rings. The zero-order valence-electron chi connectivity index (χ0n) is 9.02. The molecule has 0 unspecified atom stereocenters. The minimum Gasteiger partial charge on any atom is -0.338 e. The third-order valence-electron chi connectivity index (χ3n) is 2.40. The van der Waals surface area contributed by atoms with Crippen LogP contribution in [0.2, 0.25) is 5.02 Å². The van der Waals surface area contributed by atoms with E-state index in [1.807, 2.05) is 18.2 Å². The summed E-state index contributed by atoms with van der Waals surface area (Å²) in [5.74, 6) is -0.324. The minimum atomic E-state index is -0.480. The summed E-state index contributed by atoms with van der Waals surface area (Å²) in [7, 11) is 0. The van der Waals surface area contributed by atoms with Crippen LogP contribution in [0, 0.1) is 5.82 Å². The topological polar surface area (TPSA) is 37.8 Å². The fourth-order valence-corrected chi connectivity index (χ4v) is 2.44. The molecule has 0 aliphatic carbocycles. The van der Waals surface area contributed by atoms with Gasteiger partial charge in [0.05, 0.1) is 20.7 Å². The summed E-state index contributed by atoms with van der Waals surface area (Å²) in [5, 5.41) is 3.19. The summed E-state index contributed by atoms with van der Waals surface area (Å²) in [4.78, 5) is 8.09. The molecule has 3 rings (SSSR count). The SMILES string of the molecule is Fc1cc(Cl)cnc1Nc1ccc2ncsc2c1. The number of anilines is 2. The van der Waals surface area contributed by atoms with Gasteiger partial charge in [-0.2, -0.15) is 0 Å². The number of nitrogens with zero attached hydrogens (tertiary/aromatic N) is 2. The summed E-state index contributed by atoms with van der Waals surface area (Å²) >= 11 is 7.18. The first-order chi connectivity index (χ1) is 8.72. The second-order valence-electron chi connectivity index (χ2n) is 3.64. The van der Waals surface area contributed by atoms with Gasteiger partial charge < -0.3 is 5.32 Å². The molecule has 0 fully saturated rings. The van der Waals surface area contributed by atoms with Gasteiger partial charge in [0.25, 0.3) is 0 Å². The van der Waals surface area contributed by atoms with E-state index in [2.05, 4.69) is 15.3 Å². The van der Waals surface area contributed by atoms with E-state index in [0.717, 1.165) is 15.9 Å². The van der Waals surface area contributed by atoms with Gasteiger partial charge in [-0.3, -0.25) is 0 Å². The first-order valence-electron chi connectivity index (χ1n) is 5.14. The normalized spacial score (nSPS) is 10.8. The number of aromatic nitrogens is 2. The van der Waals surface area contributed by atoms with Crippen LogP contribution in [0.3, 0.4) is 0 Å². The van der Waals surface area contributed by atoms with E-state index >= 15 is 0 Å². The van der Waals surface area contributed by atoms with Crippen molar-refractivity contribution in [3.63, 3.8) is 0 Å². The first kappa shape index (κ1) is 11.4. The Balaban J connectivity index is 1.95. The maximum atomic E-state index is 13.6. The van der Waals surface area contributed by atoms with Gasteiger partial charge in [-0.25, -0.2) is 14.4 Å². The van der Waals surface area contributed by atoms with Crippen LogP contribution in [-0.4, -0.2) is 9.97 Å². The predicted octanol–water partition coefficient (Wildman–Crippen LogP) is 4.23. The molecule has 0 saturated carbocycles. The van der Waals surface area contributed by atoms with Crippen LogP contribution in [0.25, 0.3) is 10.2 Å². The average Bonchev–Trinajstić information content (AvgIpc) is 2.80. The number of rotatable bonds is 2. The van der Waals surface area contributed by atoms with Crippen LogP contribution in [0.5, 0.6) is 0 Å². The lowest BCUT2D eigenvalue weighted by atomic mass is 10.3. The molecule has 1 aromatic carbocycles. The number of hydrogen-bond donors (Lipinski definition) is 1. The van der Waals surface area contributed by atoms with Gasteiger partial charge in [0.2, 0.25) is 0 Å². The number of thiazole rings is 1. The first-order valence-corrected chi connectivity index (χ1v) is 6.39. The molecule has 18 heavy (non-hydrogen) atoms. The Labute approximate surface area is 111 Å². The lowest BCUT2D eigenvalue weighted by Gasteiger charge is -2.06. The van der Waals surface area contributed by atoms with Crippen molar-refractivity contribution in [1.29, 1.82) is 0 Å².